The second kappa shape index (κ2) is 5.54. The van der Waals surface area contributed by atoms with Crippen LogP contribution < -0.4 is 10.6 Å². The van der Waals surface area contributed by atoms with Gasteiger partial charge in [0.1, 0.15) is 5.82 Å². The van der Waals surface area contributed by atoms with E-state index in [4.69, 9.17) is 10.7 Å². The first kappa shape index (κ1) is 13.0. The Kier molecular flexibility index (Phi) is 3.60. The van der Waals surface area contributed by atoms with Crippen molar-refractivity contribution in [1.29, 1.82) is 0 Å². The third kappa shape index (κ3) is 2.77. The smallest absolute Gasteiger partial charge is 0.161 e. The average Bonchev–Trinajstić information content (AvgIpc) is 2.48. The largest absolute Gasteiger partial charge is 0.356 e. The molecule has 0 radical (unpaired) electrons. The summed E-state index contributed by atoms with van der Waals surface area (Å²) >= 11 is 0. The Hall–Kier alpha value is -2.01. The molecule has 0 unspecified atom stereocenters. The number of hydrogen-bond acceptors (Lipinski definition) is 5. The van der Waals surface area contributed by atoms with Crippen molar-refractivity contribution in [2.45, 2.75) is 25.8 Å². The molecule has 104 valence electrons. The highest BCUT2D eigenvalue weighted by Crippen LogP contribution is 2.22. The first-order valence-corrected chi connectivity index (χ1v) is 6.99. The van der Waals surface area contributed by atoms with Crippen molar-refractivity contribution in [3.63, 3.8) is 0 Å². The van der Waals surface area contributed by atoms with E-state index < -0.39 is 0 Å². The molecular weight excluding hydrogens is 250 g/mol. The molecule has 1 aliphatic rings. The molecule has 3 rings (SSSR count). The lowest BCUT2D eigenvalue weighted by atomic mass is 10.1. The standard InChI is InChI=1S/C15H19N5/c1-11-10-14(20-8-4-13(16)5-9-20)19-15(18-11)12-2-6-17-7-3-12/h2-3,6-7,10,13H,4-5,8-9,16H2,1H3. The highest BCUT2D eigenvalue weighted by atomic mass is 15.2. The summed E-state index contributed by atoms with van der Waals surface area (Å²) in [5, 5.41) is 0. The van der Waals surface area contributed by atoms with Crippen LogP contribution in [0, 0.1) is 6.92 Å². The molecule has 0 bridgehead atoms. The molecule has 0 aromatic carbocycles. The first-order chi connectivity index (χ1) is 9.72. The molecule has 2 aromatic rings. The summed E-state index contributed by atoms with van der Waals surface area (Å²) in [6.45, 7) is 3.94. The molecular formula is C15H19N5. The van der Waals surface area contributed by atoms with E-state index in [1.807, 2.05) is 25.1 Å². The molecule has 0 spiro atoms. The van der Waals surface area contributed by atoms with Gasteiger partial charge in [0.25, 0.3) is 0 Å². The van der Waals surface area contributed by atoms with Gasteiger partial charge in [0.2, 0.25) is 0 Å². The minimum absolute atomic E-state index is 0.328. The number of piperidine rings is 1. The summed E-state index contributed by atoms with van der Waals surface area (Å²) in [7, 11) is 0. The molecule has 3 heterocycles. The van der Waals surface area contributed by atoms with Crippen molar-refractivity contribution in [3.8, 4) is 11.4 Å². The lowest BCUT2D eigenvalue weighted by Gasteiger charge is -2.31. The number of aryl methyl sites for hydroxylation is 1. The van der Waals surface area contributed by atoms with E-state index in [2.05, 4.69) is 14.9 Å². The Morgan fingerprint density at radius 2 is 1.85 bits per heavy atom. The molecule has 5 heteroatoms. The van der Waals surface area contributed by atoms with Gasteiger partial charge in [-0.25, -0.2) is 9.97 Å². The monoisotopic (exact) mass is 269 g/mol. The molecule has 1 saturated heterocycles. The minimum atomic E-state index is 0.328. The van der Waals surface area contributed by atoms with E-state index in [9.17, 15) is 0 Å². The minimum Gasteiger partial charge on any atom is -0.356 e. The fourth-order valence-electron chi connectivity index (χ4n) is 2.47. The predicted octanol–water partition coefficient (Wildman–Crippen LogP) is 1.77. The SMILES string of the molecule is Cc1cc(N2CCC(N)CC2)nc(-c2ccncc2)n1. The van der Waals surface area contributed by atoms with Gasteiger partial charge in [-0.1, -0.05) is 0 Å². The average molecular weight is 269 g/mol. The van der Waals surface area contributed by atoms with Gasteiger partial charge in [-0.05, 0) is 31.9 Å². The number of nitrogens with two attached hydrogens (primary N) is 1. The highest BCUT2D eigenvalue weighted by molar-refractivity contribution is 5.57. The van der Waals surface area contributed by atoms with Crippen molar-refractivity contribution in [2.24, 2.45) is 5.73 Å². The maximum absolute atomic E-state index is 5.96. The number of aromatic nitrogens is 3. The van der Waals surface area contributed by atoms with Crippen LogP contribution in [0.2, 0.25) is 0 Å². The van der Waals surface area contributed by atoms with Crippen LogP contribution in [0.15, 0.2) is 30.6 Å². The van der Waals surface area contributed by atoms with Gasteiger partial charge in [-0.15, -0.1) is 0 Å². The van der Waals surface area contributed by atoms with Crippen molar-refractivity contribution in [1.82, 2.24) is 15.0 Å². The molecule has 2 N–H and O–H groups in total. The molecule has 20 heavy (non-hydrogen) atoms. The van der Waals surface area contributed by atoms with Crippen LogP contribution in [0.5, 0.6) is 0 Å². The number of hydrogen-bond donors (Lipinski definition) is 1. The quantitative estimate of drug-likeness (QED) is 0.900. The fourth-order valence-corrected chi connectivity index (χ4v) is 2.47. The topological polar surface area (TPSA) is 67.9 Å². The van der Waals surface area contributed by atoms with Gasteiger partial charge in [0, 0.05) is 48.8 Å². The third-order valence-corrected chi connectivity index (χ3v) is 3.64. The van der Waals surface area contributed by atoms with Crippen molar-refractivity contribution < 1.29 is 0 Å². The van der Waals surface area contributed by atoms with Gasteiger partial charge < -0.3 is 10.6 Å². The van der Waals surface area contributed by atoms with Crippen LogP contribution in [0.3, 0.4) is 0 Å². The van der Waals surface area contributed by atoms with Gasteiger partial charge in [0.05, 0.1) is 0 Å². The van der Waals surface area contributed by atoms with Gasteiger partial charge >= 0.3 is 0 Å². The molecule has 5 nitrogen and oxygen atoms in total. The van der Waals surface area contributed by atoms with Crippen molar-refractivity contribution in [3.05, 3.63) is 36.3 Å². The Morgan fingerprint density at radius 3 is 2.55 bits per heavy atom. The molecule has 1 fully saturated rings. The summed E-state index contributed by atoms with van der Waals surface area (Å²) in [4.78, 5) is 15.6. The normalized spacial score (nSPS) is 16.4. The van der Waals surface area contributed by atoms with Crippen LogP contribution in [-0.4, -0.2) is 34.1 Å². The van der Waals surface area contributed by atoms with E-state index in [1.165, 1.54) is 0 Å². The molecule has 2 aromatic heterocycles. The van der Waals surface area contributed by atoms with Crippen LogP contribution in [0.25, 0.3) is 11.4 Å². The van der Waals surface area contributed by atoms with Crippen molar-refractivity contribution >= 4 is 5.82 Å². The van der Waals surface area contributed by atoms with Gasteiger partial charge in [-0.3, -0.25) is 4.98 Å². The van der Waals surface area contributed by atoms with E-state index in [1.54, 1.807) is 12.4 Å². The third-order valence-electron chi connectivity index (χ3n) is 3.64. The number of pyridine rings is 1. The van der Waals surface area contributed by atoms with E-state index in [0.29, 0.717) is 6.04 Å². The van der Waals surface area contributed by atoms with E-state index in [0.717, 1.165) is 48.8 Å². The zero-order valence-electron chi connectivity index (χ0n) is 11.7. The fraction of sp³-hybridized carbons (Fsp3) is 0.400. The molecule has 0 aliphatic carbocycles. The van der Waals surface area contributed by atoms with Gasteiger partial charge in [0.15, 0.2) is 5.82 Å². The Balaban J connectivity index is 1.91. The Morgan fingerprint density at radius 1 is 1.15 bits per heavy atom. The Labute approximate surface area is 118 Å². The van der Waals surface area contributed by atoms with Crippen molar-refractivity contribution in [2.75, 3.05) is 18.0 Å². The zero-order chi connectivity index (χ0) is 13.9. The predicted molar refractivity (Wildman–Crippen MR) is 79.4 cm³/mol. The highest BCUT2D eigenvalue weighted by Gasteiger charge is 2.18. The molecule has 0 amide bonds. The van der Waals surface area contributed by atoms with E-state index >= 15 is 0 Å². The molecule has 1 aliphatic heterocycles. The summed E-state index contributed by atoms with van der Waals surface area (Å²) in [5.74, 6) is 1.76. The summed E-state index contributed by atoms with van der Waals surface area (Å²) < 4.78 is 0. The summed E-state index contributed by atoms with van der Waals surface area (Å²) in [6.07, 6.45) is 5.57. The van der Waals surface area contributed by atoms with Crippen LogP contribution >= 0.6 is 0 Å². The van der Waals surface area contributed by atoms with Gasteiger partial charge in [-0.2, -0.15) is 0 Å². The molecule has 0 saturated carbocycles. The number of rotatable bonds is 2. The van der Waals surface area contributed by atoms with E-state index in [-0.39, 0.29) is 0 Å². The molecule has 0 atom stereocenters. The lowest BCUT2D eigenvalue weighted by molar-refractivity contribution is 0.498. The summed E-state index contributed by atoms with van der Waals surface area (Å²) in [5.41, 5.74) is 7.94. The van der Waals surface area contributed by atoms with Crippen LogP contribution in [0.4, 0.5) is 5.82 Å². The number of anilines is 1. The Bertz CT molecular complexity index is 576. The summed E-state index contributed by atoms with van der Waals surface area (Å²) in [6, 6.07) is 6.24. The van der Waals surface area contributed by atoms with Crippen LogP contribution in [0.1, 0.15) is 18.5 Å². The zero-order valence-corrected chi connectivity index (χ0v) is 11.7. The maximum atomic E-state index is 5.96. The van der Waals surface area contributed by atoms with Crippen LogP contribution in [-0.2, 0) is 0 Å². The second-order valence-corrected chi connectivity index (χ2v) is 5.25. The lowest BCUT2D eigenvalue weighted by Crippen LogP contribution is -2.40. The second-order valence-electron chi connectivity index (χ2n) is 5.25. The number of nitrogens with zero attached hydrogens (tertiary/aromatic N) is 4. The maximum Gasteiger partial charge on any atom is 0.161 e. The first-order valence-electron chi connectivity index (χ1n) is 6.99.